The van der Waals surface area contributed by atoms with Crippen LogP contribution in [0.2, 0.25) is 10.0 Å². The molecule has 27 rings (SSSR count). The number of fused-ring (bicyclic) bond motifs is 29. The van der Waals surface area contributed by atoms with E-state index in [4.69, 9.17) is 54.1 Å². The molecule has 11 heteroatoms. The van der Waals surface area contributed by atoms with Gasteiger partial charge in [-0.05, 0) is 225 Å². The monoisotopic (exact) mass is 1610 g/mol. The molecule has 0 atom stereocenters. The van der Waals surface area contributed by atoms with E-state index >= 15 is 0 Å². The quantitative estimate of drug-likeness (QED) is 0.147. The number of hydrogen-bond donors (Lipinski definition) is 0. The maximum absolute atomic E-state index is 6.76. The average molecular weight is 1610 g/mol. The highest BCUT2D eigenvalue weighted by Gasteiger charge is 2.24. The second-order valence-corrected chi connectivity index (χ2v) is 32.5. The zero-order chi connectivity index (χ0) is 80.4. The van der Waals surface area contributed by atoms with Crippen LogP contribution in [0.1, 0.15) is 11.1 Å². The summed E-state index contributed by atoms with van der Waals surface area (Å²) in [5, 5.41) is 27.9. The van der Waals surface area contributed by atoms with Crippen molar-refractivity contribution in [3.63, 3.8) is 0 Å². The van der Waals surface area contributed by atoms with Crippen molar-refractivity contribution in [2.24, 2.45) is 0 Å². The summed E-state index contributed by atoms with van der Waals surface area (Å²) < 4.78 is 45.1. The number of furan rings is 7. The fourth-order valence-corrected chi connectivity index (χ4v) is 18.9. The average Bonchev–Trinajstić information content (AvgIpc) is 1.62. The fraction of sp³-hybridized carbons (Fsp3) is 0.00901. The maximum atomic E-state index is 6.76. The van der Waals surface area contributed by atoms with E-state index in [-0.39, 0.29) is 0 Å². The van der Waals surface area contributed by atoms with Gasteiger partial charge in [-0.3, -0.25) is 0 Å². The Morgan fingerprint density at radius 3 is 0.795 bits per heavy atom. The summed E-state index contributed by atoms with van der Waals surface area (Å²) in [4.78, 5) is 4.52. The maximum Gasteiger partial charge on any atom is 0.143 e. The van der Waals surface area contributed by atoms with Crippen molar-refractivity contribution in [1.29, 1.82) is 0 Å². The van der Waals surface area contributed by atoms with Gasteiger partial charge in [-0.1, -0.05) is 193 Å². The van der Waals surface area contributed by atoms with Gasteiger partial charge in [0.2, 0.25) is 0 Å². The van der Waals surface area contributed by atoms with Crippen molar-refractivity contribution in [2.75, 3.05) is 9.80 Å². The first-order chi connectivity index (χ1) is 60.2. The van der Waals surface area contributed by atoms with Crippen LogP contribution < -0.4 is 9.80 Å². The van der Waals surface area contributed by atoms with Gasteiger partial charge in [0.05, 0.1) is 0 Å². The molecule has 574 valence electrons. The van der Waals surface area contributed by atoms with Crippen LogP contribution in [0.3, 0.4) is 0 Å². The number of benzene rings is 20. The Kier molecular flexibility index (Phi) is 15.7. The number of hydrogen-bond acceptors (Lipinski definition) is 9. The normalized spacial score (nSPS) is 12.0. The lowest BCUT2D eigenvalue weighted by Crippen LogP contribution is -2.09. The number of anilines is 6. The highest BCUT2D eigenvalue weighted by Crippen LogP contribution is 2.48. The number of nitrogens with zero attached hydrogens (tertiary/aromatic N) is 2. The van der Waals surface area contributed by atoms with Gasteiger partial charge in [-0.2, -0.15) is 0 Å². The molecular weight excluding hydrogens is 1540 g/mol. The SMILES string of the molecule is Clc1ccc2c(c1)oc1cc3cc4c(cc3cc12)oc1cc(Cl)ccc14.c1ccc(Cc2ccc3c(c2)oc2c4ccccc4ccc32)cc1.c1ccc(N(c2ccc3c(c2)oc2cc4cc5c(cc4cc23)oc2cc(N(c3ccccc3)c3ccc4c(c3)oc3c6ccccc6ccc43)ccc25)c2ccc3c(c2)oc2c4ccccc4ccc32)cc1. The van der Waals surface area contributed by atoms with Crippen molar-refractivity contribution >= 4 is 265 Å². The summed E-state index contributed by atoms with van der Waals surface area (Å²) in [7, 11) is 0. The Hall–Kier alpha value is -15.5. The zero-order valence-electron chi connectivity index (χ0n) is 65.0. The molecule has 0 bridgehead atoms. The topological polar surface area (TPSA) is 98.5 Å². The number of para-hydroxylation sites is 2. The third kappa shape index (κ3) is 11.5. The lowest BCUT2D eigenvalue weighted by atomic mass is 10.0. The van der Waals surface area contributed by atoms with Crippen molar-refractivity contribution in [2.45, 2.75) is 6.42 Å². The van der Waals surface area contributed by atoms with Crippen LogP contribution in [0, 0.1) is 0 Å². The molecule has 0 N–H and O–H groups in total. The third-order valence-corrected chi connectivity index (χ3v) is 24.8. The highest BCUT2D eigenvalue weighted by molar-refractivity contribution is 6.32. The molecule has 7 aromatic heterocycles. The highest BCUT2D eigenvalue weighted by atomic mass is 35.5. The van der Waals surface area contributed by atoms with E-state index < -0.39 is 0 Å². The van der Waals surface area contributed by atoms with Gasteiger partial charge >= 0.3 is 0 Å². The van der Waals surface area contributed by atoms with Gasteiger partial charge < -0.3 is 40.7 Å². The minimum absolute atomic E-state index is 0.670. The van der Waals surface area contributed by atoms with Crippen LogP contribution in [0.5, 0.6) is 0 Å². The fourth-order valence-electron chi connectivity index (χ4n) is 18.6. The Labute approximate surface area is 704 Å². The molecule has 20 aromatic carbocycles. The summed E-state index contributed by atoms with van der Waals surface area (Å²) in [6.45, 7) is 0. The first-order valence-corrected chi connectivity index (χ1v) is 41.5. The van der Waals surface area contributed by atoms with E-state index in [1.165, 1.54) is 32.7 Å². The van der Waals surface area contributed by atoms with Crippen LogP contribution in [0.25, 0.3) is 207 Å². The van der Waals surface area contributed by atoms with E-state index in [0.29, 0.717) is 10.0 Å². The molecule has 0 aliphatic carbocycles. The Bertz CT molecular complexity index is 8580. The van der Waals surface area contributed by atoms with Gasteiger partial charge in [0.1, 0.15) is 78.2 Å². The minimum atomic E-state index is 0.670. The molecule has 9 nitrogen and oxygen atoms in total. The van der Waals surface area contributed by atoms with Crippen LogP contribution in [0.4, 0.5) is 34.1 Å². The van der Waals surface area contributed by atoms with E-state index in [1.54, 1.807) is 0 Å². The lowest BCUT2D eigenvalue weighted by molar-refractivity contribution is 0.668. The van der Waals surface area contributed by atoms with Crippen molar-refractivity contribution < 1.29 is 30.9 Å². The van der Waals surface area contributed by atoms with Crippen LogP contribution >= 0.6 is 23.2 Å². The number of rotatable bonds is 8. The summed E-state index contributed by atoms with van der Waals surface area (Å²) in [6, 6.07) is 131. The molecule has 0 spiro atoms. The van der Waals surface area contributed by atoms with Crippen molar-refractivity contribution in [3.8, 4) is 0 Å². The molecule has 0 radical (unpaired) electrons. The molecule has 7 heterocycles. The van der Waals surface area contributed by atoms with E-state index in [9.17, 15) is 0 Å². The molecular formula is C111H64Cl2N2O7. The molecule has 0 fully saturated rings. The predicted octanol–water partition coefficient (Wildman–Crippen LogP) is 34.0. The molecule has 0 unspecified atom stereocenters. The summed E-state index contributed by atoms with van der Waals surface area (Å²) in [5.41, 5.74) is 20.7. The Morgan fingerprint density at radius 1 is 0.164 bits per heavy atom. The Balaban J connectivity index is 0.000000132. The third-order valence-electron chi connectivity index (χ3n) is 24.4. The van der Waals surface area contributed by atoms with Gasteiger partial charge in [0, 0.05) is 172 Å². The molecule has 122 heavy (non-hydrogen) atoms. The van der Waals surface area contributed by atoms with Gasteiger partial charge in [-0.25, -0.2) is 0 Å². The van der Waals surface area contributed by atoms with E-state index in [2.05, 4.69) is 337 Å². The Morgan fingerprint density at radius 2 is 0.434 bits per heavy atom. The first-order valence-electron chi connectivity index (χ1n) is 40.8. The standard InChI is InChI=1S/C66H38N2O4.C23H16O.C22H10Cl2O2/c1-3-13-43(14-4-1)67(47-21-27-51-55-25-19-39-11-7-9-17-49(39)65(55)71-63(51)37-47)45-23-29-53-57-31-41-34-60-58(32-42(41)33-59(57)69-61(53)35-45)54-30-24-46(36-62(54)70-60)68(44-15-5-2-6-16-44)48-22-28-52-56-26-20-40-12-8-10-18-50(40)66(56)72-64(52)38-48;1-2-6-16(7-3-1)14-17-10-12-20-21-13-11-18-8-4-5-9-19(18)23(21)24-22(20)15-17;23-13-1-3-15-17-5-11-8-20-18(16-4-2-14(24)10-22(16)26-20)6-12(11)7-19(17)25-21(15)9-13/h1-38H;1-13,15H,14H2;1-10H. The predicted molar refractivity (Wildman–Crippen MR) is 506 cm³/mol. The second kappa shape index (κ2) is 27.5. The van der Waals surface area contributed by atoms with Crippen LogP contribution in [-0.4, -0.2) is 0 Å². The minimum Gasteiger partial charge on any atom is -0.456 e. The largest absolute Gasteiger partial charge is 0.456 e. The van der Waals surface area contributed by atoms with E-state index in [1.807, 2.05) is 48.5 Å². The van der Waals surface area contributed by atoms with Crippen LogP contribution in [-0.2, 0) is 6.42 Å². The summed E-state index contributed by atoms with van der Waals surface area (Å²) in [5.74, 6) is 0. The second-order valence-electron chi connectivity index (χ2n) is 31.6. The van der Waals surface area contributed by atoms with Gasteiger partial charge in [-0.15, -0.1) is 0 Å². The van der Waals surface area contributed by atoms with Crippen molar-refractivity contribution in [1.82, 2.24) is 0 Å². The molecule has 0 aliphatic rings. The lowest BCUT2D eigenvalue weighted by Gasteiger charge is -2.25. The molecule has 0 aliphatic heterocycles. The van der Waals surface area contributed by atoms with Gasteiger partial charge in [0.25, 0.3) is 0 Å². The van der Waals surface area contributed by atoms with Gasteiger partial charge in [0.15, 0.2) is 0 Å². The first kappa shape index (κ1) is 69.6. The molecule has 0 amide bonds. The molecule has 27 aromatic rings. The van der Waals surface area contributed by atoms with Crippen molar-refractivity contribution in [3.05, 3.63) is 397 Å². The zero-order valence-corrected chi connectivity index (χ0v) is 66.5. The smallest absolute Gasteiger partial charge is 0.143 e. The van der Waals surface area contributed by atoms with Crippen LogP contribution in [0.15, 0.2) is 407 Å². The molecule has 0 saturated carbocycles. The summed E-state index contributed by atoms with van der Waals surface area (Å²) >= 11 is 12.2. The molecule has 0 saturated heterocycles. The van der Waals surface area contributed by atoms with E-state index in [0.717, 1.165) is 226 Å². The summed E-state index contributed by atoms with van der Waals surface area (Å²) in [6.07, 6.45) is 0.925. The number of halogens is 2.